The molecule has 1 aliphatic rings. The summed E-state index contributed by atoms with van der Waals surface area (Å²) in [6.07, 6.45) is 1.99. The number of carbonyl (C=O) groups excluding carboxylic acids is 2. The molecular weight excluding hydrogens is 350 g/mol. The lowest BCUT2D eigenvalue weighted by Crippen LogP contribution is -2.36. The van der Waals surface area contributed by atoms with Crippen LogP contribution in [0.15, 0.2) is 29.6 Å². The third-order valence-corrected chi connectivity index (χ3v) is 5.16. The number of carbonyl (C=O) groups is 2. The molecule has 1 fully saturated rings. The predicted octanol–water partition coefficient (Wildman–Crippen LogP) is 4.25. The first kappa shape index (κ1) is 18.4. The Morgan fingerprint density at radius 1 is 1.31 bits per heavy atom. The summed E-state index contributed by atoms with van der Waals surface area (Å²) in [7, 11) is 1.33. The maximum absolute atomic E-state index is 12.7. The van der Waals surface area contributed by atoms with Gasteiger partial charge >= 0.3 is 12.0 Å². The minimum atomic E-state index is -0.458. The zero-order valence-corrected chi connectivity index (χ0v) is 16.0. The molecule has 1 aliphatic carbocycles. The monoisotopic (exact) mass is 373 g/mol. The second kappa shape index (κ2) is 7.86. The molecule has 0 radical (unpaired) electrons. The molecule has 26 heavy (non-hydrogen) atoms. The number of thiazole rings is 1. The number of amides is 2. The standard InChI is InChI=1S/C19H23N3O3S/c1-12(2)13-4-6-14(7-5-13)20-19(24)22(15-8-9-15)10-17-21-16(11-26-17)18(23)25-3/h4-7,11-12,15H,8-10H2,1-3H3,(H,20,24). The highest BCUT2D eigenvalue weighted by molar-refractivity contribution is 7.09. The van der Waals surface area contributed by atoms with Crippen molar-refractivity contribution in [1.82, 2.24) is 9.88 Å². The van der Waals surface area contributed by atoms with Gasteiger partial charge in [0.25, 0.3) is 0 Å². The molecule has 0 unspecified atom stereocenters. The number of ether oxygens (including phenoxy) is 1. The number of nitrogens with one attached hydrogen (secondary N) is 1. The molecule has 0 bridgehead atoms. The molecule has 2 aromatic rings. The number of aromatic nitrogens is 1. The van der Waals surface area contributed by atoms with Crippen LogP contribution in [-0.2, 0) is 11.3 Å². The number of methoxy groups -OCH3 is 1. The molecule has 138 valence electrons. The van der Waals surface area contributed by atoms with Crippen molar-refractivity contribution in [2.45, 2.75) is 45.2 Å². The Hall–Kier alpha value is -2.41. The first-order valence-corrected chi connectivity index (χ1v) is 9.56. The zero-order chi connectivity index (χ0) is 18.7. The van der Waals surface area contributed by atoms with Gasteiger partial charge in [-0.1, -0.05) is 26.0 Å². The highest BCUT2D eigenvalue weighted by atomic mass is 32.1. The van der Waals surface area contributed by atoms with Crippen LogP contribution in [0.3, 0.4) is 0 Å². The second-order valence-electron chi connectivity index (χ2n) is 6.68. The summed E-state index contributed by atoms with van der Waals surface area (Å²) in [5.74, 6) is -0.00297. The molecule has 1 aromatic heterocycles. The number of benzene rings is 1. The van der Waals surface area contributed by atoms with Crippen LogP contribution in [0.5, 0.6) is 0 Å². The minimum Gasteiger partial charge on any atom is -0.464 e. The van der Waals surface area contributed by atoms with E-state index in [4.69, 9.17) is 0 Å². The Kier molecular flexibility index (Phi) is 5.56. The maximum atomic E-state index is 12.7. The van der Waals surface area contributed by atoms with Crippen molar-refractivity contribution in [3.63, 3.8) is 0 Å². The van der Waals surface area contributed by atoms with E-state index in [9.17, 15) is 9.59 Å². The Morgan fingerprint density at radius 3 is 2.58 bits per heavy atom. The van der Waals surface area contributed by atoms with Crippen molar-refractivity contribution in [1.29, 1.82) is 0 Å². The number of rotatable bonds is 6. The second-order valence-corrected chi connectivity index (χ2v) is 7.63. The van der Waals surface area contributed by atoms with Gasteiger partial charge in [0.1, 0.15) is 5.01 Å². The van der Waals surface area contributed by atoms with E-state index < -0.39 is 5.97 Å². The Balaban J connectivity index is 1.66. The fourth-order valence-corrected chi connectivity index (χ4v) is 3.39. The number of hydrogen-bond donors (Lipinski definition) is 1. The van der Waals surface area contributed by atoms with Crippen molar-refractivity contribution in [3.8, 4) is 0 Å². The maximum Gasteiger partial charge on any atom is 0.357 e. The topological polar surface area (TPSA) is 71.5 Å². The van der Waals surface area contributed by atoms with E-state index in [1.54, 1.807) is 10.3 Å². The van der Waals surface area contributed by atoms with Crippen molar-refractivity contribution in [2.24, 2.45) is 0 Å². The summed E-state index contributed by atoms with van der Waals surface area (Å²) in [4.78, 5) is 30.3. The molecule has 0 spiro atoms. The van der Waals surface area contributed by atoms with Gasteiger partial charge in [0.05, 0.1) is 13.7 Å². The molecular formula is C19H23N3O3S. The van der Waals surface area contributed by atoms with Crippen LogP contribution < -0.4 is 5.32 Å². The first-order chi connectivity index (χ1) is 12.5. The fraction of sp³-hybridized carbons (Fsp3) is 0.421. The van der Waals surface area contributed by atoms with E-state index in [1.165, 1.54) is 24.0 Å². The van der Waals surface area contributed by atoms with Crippen LogP contribution in [0.4, 0.5) is 10.5 Å². The number of urea groups is 1. The molecule has 1 aromatic carbocycles. The number of esters is 1. The Labute approximate surface area is 157 Å². The van der Waals surface area contributed by atoms with Crippen LogP contribution in [0.2, 0.25) is 0 Å². The Bertz CT molecular complexity index is 782. The van der Waals surface area contributed by atoms with Gasteiger partial charge in [-0.05, 0) is 36.5 Å². The van der Waals surface area contributed by atoms with E-state index in [1.807, 2.05) is 24.3 Å². The molecule has 1 saturated carbocycles. The van der Waals surface area contributed by atoms with E-state index >= 15 is 0 Å². The molecule has 3 rings (SSSR count). The van der Waals surface area contributed by atoms with Gasteiger partial charge < -0.3 is 15.0 Å². The van der Waals surface area contributed by atoms with Gasteiger partial charge in [0.2, 0.25) is 0 Å². The molecule has 0 atom stereocenters. The average Bonchev–Trinajstić information content (AvgIpc) is 3.37. The summed E-state index contributed by atoms with van der Waals surface area (Å²) in [6, 6.07) is 8.01. The highest BCUT2D eigenvalue weighted by Crippen LogP contribution is 2.30. The summed E-state index contributed by atoms with van der Waals surface area (Å²) >= 11 is 1.36. The van der Waals surface area contributed by atoms with Crippen LogP contribution in [0, 0.1) is 0 Å². The van der Waals surface area contributed by atoms with Crippen LogP contribution in [0.1, 0.15) is 53.7 Å². The van der Waals surface area contributed by atoms with Crippen LogP contribution in [-0.4, -0.2) is 35.0 Å². The summed E-state index contributed by atoms with van der Waals surface area (Å²) in [5, 5.41) is 5.35. The van der Waals surface area contributed by atoms with E-state index in [0.717, 1.165) is 23.5 Å². The lowest BCUT2D eigenvalue weighted by Gasteiger charge is -2.22. The van der Waals surface area contributed by atoms with E-state index in [-0.39, 0.29) is 17.8 Å². The van der Waals surface area contributed by atoms with Gasteiger partial charge in [-0.15, -0.1) is 11.3 Å². The normalized spacial score (nSPS) is 13.5. The smallest absolute Gasteiger partial charge is 0.357 e. The van der Waals surface area contributed by atoms with Crippen molar-refractivity contribution in [2.75, 3.05) is 12.4 Å². The highest BCUT2D eigenvalue weighted by Gasteiger charge is 2.33. The molecule has 1 N–H and O–H groups in total. The minimum absolute atomic E-state index is 0.139. The number of hydrogen-bond acceptors (Lipinski definition) is 5. The molecule has 0 aliphatic heterocycles. The predicted molar refractivity (Wildman–Crippen MR) is 102 cm³/mol. The fourth-order valence-electron chi connectivity index (χ4n) is 2.63. The molecule has 2 amide bonds. The summed E-state index contributed by atoms with van der Waals surface area (Å²) in [5.41, 5.74) is 2.30. The van der Waals surface area contributed by atoms with Crippen LogP contribution in [0.25, 0.3) is 0 Å². The van der Waals surface area contributed by atoms with E-state index in [2.05, 4.69) is 28.9 Å². The number of nitrogens with zero attached hydrogens (tertiary/aromatic N) is 2. The third kappa shape index (κ3) is 4.40. The SMILES string of the molecule is COC(=O)c1csc(CN(C(=O)Nc2ccc(C(C)C)cc2)C2CC2)n1. The summed E-state index contributed by atoms with van der Waals surface area (Å²) in [6.45, 7) is 4.67. The quantitative estimate of drug-likeness (QED) is 0.769. The largest absolute Gasteiger partial charge is 0.464 e. The van der Waals surface area contributed by atoms with Crippen molar-refractivity contribution in [3.05, 3.63) is 45.9 Å². The first-order valence-electron chi connectivity index (χ1n) is 8.68. The summed E-state index contributed by atoms with van der Waals surface area (Å²) < 4.78 is 4.68. The van der Waals surface area contributed by atoms with E-state index in [0.29, 0.717) is 12.5 Å². The lowest BCUT2D eigenvalue weighted by molar-refractivity contribution is 0.0594. The number of anilines is 1. The third-order valence-electron chi connectivity index (χ3n) is 4.33. The van der Waals surface area contributed by atoms with Gasteiger partial charge in [-0.3, -0.25) is 0 Å². The molecule has 6 nitrogen and oxygen atoms in total. The van der Waals surface area contributed by atoms with Crippen molar-refractivity contribution < 1.29 is 14.3 Å². The lowest BCUT2D eigenvalue weighted by atomic mass is 10.0. The van der Waals surface area contributed by atoms with Gasteiger partial charge in [-0.2, -0.15) is 0 Å². The Morgan fingerprint density at radius 2 is 2.00 bits per heavy atom. The molecule has 0 saturated heterocycles. The molecule has 1 heterocycles. The van der Waals surface area contributed by atoms with Gasteiger partial charge in [0, 0.05) is 17.1 Å². The van der Waals surface area contributed by atoms with Gasteiger partial charge in [0.15, 0.2) is 5.69 Å². The van der Waals surface area contributed by atoms with Crippen LogP contribution >= 0.6 is 11.3 Å². The average molecular weight is 373 g/mol. The van der Waals surface area contributed by atoms with Crippen molar-refractivity contribution >= 4 is 29.0 Å². The van der Waals surface area contributed by atoms with Gasteiger partial charge in [-0.25, -0.2) is 14.6 Å². The zero-order valence-electron chi connectivity index (χ0n) is 15.2. The molecule has 7 heteroatoms.